The third-order valence-electron chi connectivity index (χ3n) is 3.53. The van der Waals surface area contributed by atoms with Crippen LogP contribution in [0.15, 0.2) is 43.0 Å². The Morgan fingerprint density at radius 1 is 1.35 bits per heavy atom. The lowest BCUT2D eigenvalue weighted by atomic mass is 10.2. The molecule has 0 saturated heterocycles. The Kier molecular flexibility index (Phi) is 2.94. The molecule has 4 aromatic rings. The number of anilines is 1. The predicted molar refractivity (Wildman–Crippen MR) is 83.6 cm³/mol. The molecule has 8 heteroatoms. The molecule has 0 aliphatic heterocycles. The van der Waals surface area contributed by atoms with Gasteiger partial charge in [0.2, 0.25) is 0 Å². The summed E-state index contributed by atoms with van der Waals surface area (Å²) in [6.07, 6.45) is 6.52. The van der Waals surface area contributed by atoms with E-state index in [2.05, 4.69) is 25.6 Å². The van der Waals surface area contributed by atoms with E-state index in [-0.39, 0.29) is 5.91 Å². The van der Waals surface area contributed by atoms with Crippen LogP contribution < -0.4 is 10.1 Å². The van der Waals surface area contributed by atoms with Gasteiger partial charge >= 0.3 is 0 Å². The summed E-state index contributed by atoms with van der Waals surface area (Å²) in [6.45, 7) is 0. The number of nitrogens with one attached hydrogen (secondary N) is 2. The minimum atomic E-state index is -0.306. The zero-order chi connectivity index (χ0) is 15.8. The van der Waals surface area contributed by atoms with Gasteiger partial charge in [0, 0.05) is 23.8 Å². The van der Waals surface area contributed by atoms with Crippen molar-refractivity contribution in [2.45, 2.75) is 0 Å². The van der Waals surface area contributed by atoms with Crippen molar-refractivity contribution in [3.05, 3.63) is 48.5 Å². The molecule has 0 aliphatic rings. The van der Waals surface area contributed by atoms with Crippen LogP contribution in [0.5, 0.6) is 5.75 Å². The summed E-state index contributed by atoms with van der Waals surface area (Å²) >= 11 is 0. The lowest BCUT2D eigenvalue weighted by molar-refractivity contribution is 0.102. The van der Waals surface area contributed by atoms with Crippen LogP contribution in [0.3, 0.4) is 0 Å². The molecule has 0 spiro atoms. The van der Waals surface area contributed by atoms with Crippen LogP contribution in [0.4, 0.5) is 5.69 Å². The second-order valence-corrected chi connectivity index (χ2v) is 4.91. The van der Waals surface area contributed by atoms with Crippen LogP contribution in [0.1, 0.15) is 10.4 Å². The summed E-state index contributed by atoms with van der Waals surface area (Å²) in [4.78, 5) is 16.7. The van der Waals surface area contributed by atoms with Crippen LogP contribution in [0.2, 0.25) is 0 Å². The Morgan fingerprint density at radius 2 is 2.26 bits per heavy atom. The van der Waals surface area contributed by atoms with E-state index in [4.69, 9.17) is 4.74 Å². The minimum absolute atomic E-state index is 0.306. The Bertz CT molecular complexity index is 1020. The number of hydrogen-bond acceptors (Lipinski definition) is 5. The van der Waals surface area contributed by atoms with Gasteiger partial charge < -0.3 is 10.1 Å². The number of carbonyl (C=O) groups excluding carboxylic acids is 1. The maximum absolute atomic E-state index is 12.5. The van der Waals surface area contributed by atoms with Crippen LogP contribution in [-0.4, -0.2) is 37.8 Å². The van der Waals surface area contributed by atoms with Gasteiger partial charge in [0.1, 0.15) is 11.3 Å². The van der Waals surface area contributed by atoms with E-state index in [1.165, 1.54) is 6.20 Å². The van der Waals surface area contributed by atoms with E-state index in [1.807, 2.05) is 0 Å². The zero-order valence-corrected chi connectivity index (χ0v) is 12.1. The van der Waals surface area contributed by atoms with E-state index in [0.29, 0.717) is 22.6 Å². The second kappa shape index (κ2) is 5.09. The summed E-state index contributed by atoms with van der Waals surface area (Å²) in [7, 11) is 1.55. The molecule has 2 N–H and O–H groups in total. The second-order valence-electron chi connectivity index (χ2n) is 4.91. The molecule has 0 radical (unpaired) electrons. The van der Waals surface area contributed by atoms with Crippen LogP contribution in [0.25, 0.3) is 16.6 Å². The summed E-state index contributed by atoms with van der Waals surface area (Å²) < 4.78 is 6.88. The minimum Gasteiger partial charge on any atom is -0.494 e. The van der Waals surface area contributed by atoms with E-state index in [9.17, 15) is 4.79 Å². The first-order valence-corrected chi connectivity index (χ1v) is 6.87. The normalized spacial score (nSPS) is 11.0. The third-order valence-corrected chi connectivity index (χ3v) is 3.53. The molecular formula is C15H12N6O2. The number of amides is 1. The van der Waals surface area contributed by atoms with E-state index >= 15 is 0 Å². The number of benzene rings is 1. The molecule has 1 aromatic carbocycles. The molecular weight excluding hydrogens is 296 g/mol. The number of hydrogen-bond donors (Lipinski definition) is 2. The molecule has 23 heavy (non-hydrogen) atoms. The van der Waals surface area contributed by atoms with Crippen molar-refractivity contribution < 1.29 is 9.53 Å². The lowest BCUT2D eigenvalue weighted by Gasteiger charge is -2.09. The number of methoxy groups -OCH3 is 1. The standard InChI is InChI=1S/C15H12N6O2/c1-23-13-6-11-9(7-17-20-11)5-12(13)19-15(22)10-8-18-21-4-2-3-16-14(10)21/h2-8H,1H3,(H,17,20)(H,19,22). The SMILES string of the molecule is COc1cc2[nH]ncc2cc1NC(=O)c1cnn2cccnc12. The van der Waals surface area contributed by atoms with Crippen LogP contribution in [-0.2, 0) is 0 Å². The van der Waals surface area contributed by atoms with E-state index < -0.39 is 0 Å². The molecule has 0 fully saturated rings. The number of rotatable bonds is 3. The molecule has 3 heterocycles. The average Bonchev–Trinajstić information content (AvgIpc) is 3.20. The number of H-pyrrole nitrogens is 1. The highest BCUT2D eigenvalue weighted by molar-refractivity contribution is 6.09. The monoisotopic (exact) mass is 308 g/mol. The third kappa shape index (κ3) is 2.16. The molecule has 0 unspecified atom stereocenters. The van der Waals surface area contributed by atoms with E-state index in [0.717, 1.165) is 10.9 Å². The van der Waals surface area contributed by atoms with Crippen molar-refractivity contribution in [1.29, 1.82) is 0 Å². The smallest absolute Gasteiger partial charge is 0.261 e. The number of aromatic amines is 1. The van der Waals surface area contributed by atoms with Gasteiger partial charge in [-0.2, -0.15) is 10.2 Å². The number of fused-ring (bicyclic) bond motifs is 2. The van der Waals surface area contributed by atoms with Gasteiger partial charge in [0.25, 0.3) is 5.91 Å². The zero-order valence-electron chi connectivity index (χ0n) is 12.1. The highest BCUT2D eigenvalue weighted by Crippen LogP contribution is 2.29. The predicted octanol–water partition coefficient (Wildman–Crippen LogP) is 1.87. The summed E-state index contributed by atoms with van der Waals surface area (Å²) in [6, 6.07) is 5.33. The van der Waals surface area contributed by atoms with Crippen molar-refractivity contribution >= 4 is 28.1 Å². The fraction of sp³-hybridized carbons (Fsp3) is 0.0667. The molecule has 0 saturated carbocycles. The largest absolute Gasteiger partial charge is 0.494 e. The van der Waals surface area contributed by atoms with Crippen LogP contribution in [0, 0.1) is 0 Å². The number of carbonyl (C=O) groups is 1. The Hall–Kier alpha value is -3.42. The highest BCUT2D eigenvalue weighted by Gasteiger charge is 2.16. The molecule has 0 atom stereocenters. The van der Waals surface area contributed by atoms with Gasteiger partial charge in [-0.3, -0.25) is 9.89 Å². The lowest BCUT2D eigenvalue weighted by Crippen LogP contribution is -2.12. The maximum atomic E-state index is 12.5. The van der Waals surface area contributed by atoms with Crippen molar-refractivity contribution in [3.8, 4) is 5.75 Å². The van der Waals surface area contributed by atoms with Gasteiger partial charge in [0.05, 0.1) is 30.7 Å². The fourth-order valence-electron chi connectivity index (χ4n) is 2.42. The number of nitrogens with zero attached hydrogens (tertiary/aromatic N) is 4. The van der Waals surface area contributed by atoms with Gasteiger partial charge in [-0.25, -0.2) is 9.50 Å². The molecule has 3 aromatic heterocycles. The first kappa shape index (κ1) is 13.3. The molecule has 0 bridgehead atoms. The van der Waals surface area contributed by atoms with Gasteiger partial charge in [-0.1, -0.05) is 0 Å². The van der Waals surface area contributed by atoms with Gasteiger partial charge in [-0.05, 0) is 12.1 Å². The van der Waals surface area contributed by atoms with E-state index in [1.54, 1.807) is 48.4 Å². The van der Waals surface area contributed by atoms with Crippen LogP contribution >= 0.6 is 0 Å². The molecule has 4 rings (SSSR count). The number of aromatic nitrogens is 5. The summed E-state index contributed by atoms with van der Waals surface area (Å²) in [5, 5.41) is 14.7. The first-order valence-electron chi connectivity index (χ1n) is 6.87. The summed E-state index contributed by atoms with van der Waals surface area (Å²) in [5.41, 5.74) is 2.27. The highest BCUT2D eigenvalue weighted by atomic mass is 16.5. The molecule has 0 aliphatic carbocycles. The van der Waals surface area contributed by atoms with Crippen molar-refractivity contribution in [2.75, 3.05) is 12.4 Å². The molecule has 1 amide bonds. The molecule has 114 valence electrons. The summed E-state index contributed by atoms with van der Waals surface area (Å²) in [5.74, 6) is 0.236. The Morgan fingerprint density at radius 3 is 3.13 bits per heavy atom. The fourth-order valence-corrected chi connectivity index (χ4v) is 2.42. The number of ether oxygens (including phenoxy) is 1. The first-order chi connectivity index (χ1) is 11.3. The Balaban J connectivity index is 1.73. The van der Waals surface area contributed by atoms with Gasteiger partial charge in [0.15, 0.2) is 5.65 Å². The quantitative estimate of drug-likeness (QED) is 0.602. The molecule has 8 nitrogen and oxygen atoms in total. The topological polar surface area (TPSA) is 97.2 Å². The van der Waals surface area contributed by atoms with Crippen molar-refractivity contribution in [3.63, 3.8) is 0 Å². The van der Waals surface area contributed by atoms with Gasteiger partial charge in [-0.15, -0.1) is 0 Å². The van der Waals surface area contributed by atoms with Crippen molar-refractivity contribution in [1.82, 2.24) is 24.8 Å². The Labute approximate surface area is 130 Å². The maximum Gasteiger partial charge on any atom is 0.261 e. The van der Waals surface area contributed by atoms with Crippen molar-refractivity contribution in [2.24, 2.45) is 0 Å². The average molecular weight is 308 g/mol.